The SMILES string of the molecule is COc1ccc(CCCC(=O)N/N=C\c2c(C)n(Cc3cccc(C)c3)c3ccccc23)c(C)c1. The minimum atomic E-state index is -0.0754. The van der Waals surface area contributed by atoms with Gasteiger partial charge in [0, 0.05) is 35.1 Å². The van der Waals surface area contributed by atoms with Crippen molar-refractivity contribution in [2.45, 2.75) is 46.6 Å². The second-order valence-corrected chi connectivity index (χ2v) is 9.03. The average molecular weight is 468 g/mol. The van der Waals surface area contributed by atoms with Crippen LogP contribution in [-0.4, -0.2) is 23.8 Å². The number of carbonyl (C=O) groups is 1. The van der Waals surface area contributed by atoms with Gasteiger partial charge in [-0.25, -0.2) is 5.43 Å². The summed E-state index contributed by atoms with van der Waals surface area (Å²) in [6, 6.07) is 23.0. The number of hydrazone groups is 1. The van der Waals surface area contributed by atoms with E-state index in [9.17, 15) is 4.79 Å². The van der Waals surface area contributed by atoms with Crippen molar-refractivity contribution in [3.8, 4) is 5.75 Å². The molecule has 0 saturated carbocycles. The molecule has 0 fully saturated rings. The normalized spacial score (nSPS) is 11.3. The van der Waals surface area contributed by atoms with Crippen molar-refractivity contribution in [1.82, 2.24) is 9.99 Å². The monoisotopic (exact) mass is 467 g/mol. The number of amides is 1. The van der Waals surface area contributed by atoms with Gasteiger partial charge in [-0.1, -0.05) is 54.1 Å². The Morgan fingerprint density at radius 3 is 2.63 bits per heavy atom. The number of para-hydroxylation sites is 1. The fourth-order valence-electron chi connectivity index (χ4n) is 4.56. The molecule has 0 aliphatic heterocycles. The Balaban J connectivity index is 1.41. The molecule has 5 heteroatoms. The van der Waals surface area contributed by atoms with E-state index >= 15 is 0 Å². The number of hydrogen-bond donors (Lipinski definition) is 1. The first-order chi connectivity index (χ1) is 17.0. The summed E-state index contributed by atoms with van der Waals surface area (Å²) in [6.45, 7) is 7.08. The van der Waals surface area contributed by atoms with Crippen LogP contribution >= 0.6 is 0 Å². The molecule has 0 saturated heterocycles. The van der Waals surface area contributed by atoms with E-state index in [1.54, 1.807) is 13.3 Å². The zero-order valence-electron chi connectivity index (χ0n) is 21.0. The van der Waals surface area contributed by atoms with Crippen LogP contribution in [-0.2, 0) is 17.8 Å². The summed E-state index contributed by atoms with van der Waals surface area (Å²) in [5.41, 5.74) is 11.0. The molecule has 4 rings (SSSR count). The molecule has 1 heterocycles. The van der Waals surface area contributed by atoms with Gasteiger partial charge in [-0.2, -0.15) is 5.10 Å². The second kappa shape index (κ2) is 11.0. The lowest BCUT2D eigenvalue weighted by atomic mass is 10.0. The average Bonchev–Trinajstić information content (AvgIpc) is 3.11. The third-order valence-electron chi connectivity index (χ3n) is 6.49. The van der Waals surface area contributed by atoms with Crippen molar-refractivity contribution in [1.29, 1.82) is 0 Å². The molecule has 180 valence electrons. The Bertz CT molecular complexity index is 1370. The molecule has 0 aliphatic carbocycles. The largest absolute Gasteiger partial charge is 0.497 e. The van der Waals surface area contributed by atoms with Gasteiger partial charge in [0.2, 0.25) is 5.91 Å². The molecule has 5 nitrogen and oxygen atoms in total. The van der Waals surface area contributed by atoms with Crippen LogP contribution in [0.15, 0.2) is 71.8 Å². The molecular formula is C30H33N3O2. The third-order valence-corrected chi connectivity index (χ3v) is 6.49. The van der Waals surface area contributed by atoms with E-state index < -0.39 is 0 Å². The highest BCUT2D eigenvalue weighted by atomic mass is 16.5. The molecule has 0 spiro atoms. The van der Waals surface area contributed by atoms with Crippen LogP contribution in [0.3, 0.4) is 0 Å². The van der Waals surface area contributed by atoms with Gasteiger partial charge in [-0.05, 0) is 68.5 Å². The Hall–Kier alpha value is -3.86. The summed E-state index contributed by atoms with van der Waals surface area (Å²) in [5.74, 6) is 0.780. The van der Waals surface area contributed by atoms with Crippen LogP contribution in [0.5, 0.6) is 5.75 Å². The molecule has 35 heavy (non-hydrogen) atoms. The fourth-order valence-corrected chi connectivity index (χ4v) is 4.56. The number of aromatic nitrogens is 1. The van der Waals surface area contributed by atoms with Gasteiger partial charge in [0.1, 0.15) is 5.75 Å². The Morgan fingerprint density at radius 1 is 1.03 bits per heavy atom. The number of hydrogen-bond acceptors (Lipinski definition) is 3. The number of aryl methyl sites for hydroxylation is 3. The van der Waals surface area contributed by atoms with E-state index in [2.05, 4.69) is 84.4 Å². The van der Waals surface area contributed by atoms with Gasteiger partial charge in [-0.3, -0.25) is 4.79 Å². The Labute approximate surface area is 207 Å². The number of rotatable bonds is 9. The lowest BCUT2D eigenvalue weighted by molar-refractivity contribution is -0.121. The number of benzene rings is 3. The van der Waals surface area contributed by atoms with Crippen molar-refractivity contribution in [2.75, 3.05) is 7.11 Å². The standard InChI is InChI=1S/C30H33N3O2/c1-21-9-7-10-24(17-21)20-33-23(3)28(27-12-5-6-13-29(27)33)19-31-32-30(34)14-8-11-25-15-16-26(35-4)18-22(25)2/h5-7,9-10,12-13,15-19H,8,11,14,20H2,1-4H3,(H,32,34)/b31-19-. The van der Waals surface area contributed by atoms with Gasteiger partial charge in [0.05, 0.1) is 13.3 Å². The molecule has 4 aromatic rings. The molecule has 0 atom stereocenters. The maximum Gasteiger partial charge on any atom is 0.240 e. The zero-order chi connectivity index (χ0) is 24.8. The number of methoxy groups -OCH3 is 1. The van der Waals surface area contributed by atoms with Gasteiger partial charge in [0.25, 0.3) is 0 Å². The predicted octanol–water partition coefficient (Wildman–Crippen LogP) is 6.10. The molecule has 0 unspecified atom stereocenters. The summed E-state index contributed by atoms with van der Waals surface area (Å²) in [6.07, 6.45) is 3.81. The first-order valence-corrected chi connectivity index (χ1v) is 12.0. The van der Waals surface area contributed by atoms with E-state index in [1.807, 2.05) is 18.2 Å². The highest BCUT2D eigenvalue weighted by Crippen LogP contribution is 2.26. The summed E-state index contributed by atoms with van der Waals surface area (Å²) in [7, 11) is 1.67. The molecule has 1 amide bonds. The molecule has 3 aromatic carbocycles. The van der Waals surface area contributed by atoms with E-state index in [4.69, 9.17) is 4.74 Å². The summed E-state index contributed by atoms with van der Waals surface area (Å²) in [4.78, 5) is 12.4. The first-order valence-electron chi connectivity index (χ1n) is 12.0. The Kier molecular flexibility index (Phi) is 7.66. The lowest BCUT2D eigenvalue weighted by Gasteiger charge is -2.09. The van der Waals surface area contributed by atoms with Gasteiger partial charge >= 0.3 is 0 Å². The highest BCUT2D eigenvalue weighted by molar-refractivity contribution is 6.01. The van der Waals surface area contributed by atoms with E-state index in [0.717, 1.165) is 47.3 Å². The van der Waals surface area contributed by atoms with Crippen LogP contribution in [0.25, 0.3) is 10.9 Å². The summed E-state index contributed by atoms with van der Waals surface area (Å²) in [5, 5.41) is 5.43. The van der Waals surface area contributed by atoms with E-state index in [-0.39, 0.29) is 5.91 Å². The minimum absolute atomic E-state index is 0.0754. The predicted molar refractivity (Wildman–Crippen MR) is 143 cm³/mol. The number of nitrogens with zero attached hydrogens (tertiary/aromatic N) is 2. The Morgan fingerprint density at radius 2 is 1.86 bits per heavy atom. The highest BCUT2D eigenvalue weighted by Gasteiger charge is 2.13. The lowest BCUT2D eigenvalue weighted by Crippen LogP contribution is -2.17. The topological polar surface area (TPSA) is 55.6 Å². The fraction of sp³-hybridized carbons (Fsp3) is 0.267. The third kappa shape index (κ3) is 5.80. The maximum atomic E-state index is 12.4. The molecule has 0 bridgehead atoms. The van der Waals surface area contributed by atoms with Crippen molar-refractivity contribution in [3.05, 3.63) is 100 Å². The molecule has 1 aromatic heterocycles. The molecule has 0 aliphatic rings. The van der Waals surface area contributed by atoms with Gasteiger partial charge in [-0.15, -0.1) is 0 Å². The summed E-state index contributed by atoms with van der Waals surface area (Å²) >= 11 is 0. The first kappa shape index (κ1) is 24.3. The van der Waals surface area contributed by atoms with Crippen molar-refractivity contribution in [2.24, 2.45) is 5.10 Å². The van der Waals surface area contributed by atoms with Crippen LogP contribution in [0, 0.1) is 20.8 Å². The smallest absolute Gasteiger partial charge is 0.240 e. The van der Waals surface area contributed by atoms with Crippen LogP contribution in [0.1, 0.15) is 46.4 Å². The van der Waals surface area contributed by atoms with E-state index in [1.165, 1.54) is 22.3 Å². The van der Waals surface area contributed by atoms with Gasteiger partial charge in [0.15, 0.2) is 0 Å². The van der Waals surface area contributed by atoms with Crippen molar-refractivity contribution < 1.29 is 9.53 Å². The second-order valence-electron chi connectivity index (χ2n) is 9.03. The van der Waals surface area contributed by atoms with Crippen LogP contribution in [0.2, 0.25) is 0 Å². The number of nitrogens with one attached hydrogen (secondary N) is 1. The minimum Gasteiger partial charge on any atom is -0.497 e. The van der Waals surface area contributed by atoms with E-state index in [0.29, 0.717) is 6.42 Å². The van der Waals surface area contributed by atoms with Crippen LogP contribution < -0.4 is 10.2 Å². The number of ether oxygens (including phenoxy) is 1. The quantitative estimate of drug-likeness (QED) is 0.239. The molecule has 0 radical (unpaired) electrons. The summed E-state index contributed by atoms with van der Waals surface area (Å²) < 4.78 is 7.57. The van der Waals surface area contributed by atoms with Gasteiger partial charge < -0.3 is 9.30 Å². The zero-order valence-corrected chi connectivity index (χ0v) is 21.0. The maximum absolute atomic E-state index is 12.4. The molecule has 1 N–H and O–H groups in total. The van der Waals surface area contributed by atoms with Crippen molar-refractivity contribution in [3.63, 3.8) is 0 Å². The number of fused-ring (bicyclic) bond motifs is 1. The molecular weight excluding hydrogens is 434 g/mol. The van der Waals surface area contributed by atoms with Crippen LogP contribution in [0.4, 0.5) is 0 Å². The van der Waals surface area contributed by atoms with Crippen molar-refractivity contribution >= 4 is 23.0 Å². The number of carbonyl (C=O) groups excluding carboxylic acids is 1.